The van der Waals surface area contributed by atoms with Crippen LogP contribution < -0.4 is 5.32 Å². The first-order valence-corrected chi connectivity index (χ1v) is 7.27. The van der Waals surface area contributed by atoms with Crippen LogP contribution in [0.3, 0.4) is 0 Å². The number of benzene rings is 1. The average Bonchev–Trinajstić information content (AvgIpc) is 2.46. The highest BCUT2D eigenvalue weighted by atomic mass is 16.6. The maximum Gasteiger partial charge on any atom is 0.269 e. The number of non-ortho nitro benzene ring substituents is 1. The Morgan fingerprint density at radius 2 is 2.19 bits per heavy atom. The molecule has 1 aromatic carbocycles. The molecule has 0 atom stereocenters. The van der Waals surface area contributed by atoms with Crippen molar-refractivity contribution in [2.24, 2.45) is 0 Å². The summed E-state index contributed by atoms with van der Waals surface area (Å²) >= 11 is 0. The fourth-order valence-corrected chi connectivity index (χ4v) is 2.11. The molecule has 0 aliphatic rings. The second kappa shape index (κ2) is 9.31. The average molecular weight is 295 g/mol. The Morgan fingerprint density at radius 1 is 1.43 bits per heavy atom. The van der Waals surface area contributed by atoms with E-state index in [1.54, 1.807) is 25.3 Å². The Balaban J connectivity index is 2.79. The molecule has 6 heteroatoms. The van der Waals surface area contributed by atoms with Gasteiger partial charge >= 0.3 is 0 Å². The second-order valence-corrected chi connectivity index (χ2v) is 5.11. The summed E-state index contributed by atoms with van der Waals surface area (Å²) in [7, 11) is 3.70. The number of nitro groups is 1. The van der Waals surface area contributed by atoms with Gasteiger partial charge in [0.1, 0.15) is 0 Å². The van der Waals surface area contributed by atoms with Crippen LogP contribution in [-0.4, -0.2) is 43.7 Å². The molecule has 0 aromatic heterocycles. The lowest BCUT2D eigenvalue weighted by Crippen LogP contribution is -2.21. The molecule has 118 valence electrons. The molecule has 1 rings (SSSR count). The molecule has 0 aliphatic carbocycles. The highest BCUT2D eigenvalue weighted by Crippen LogP contribution is 2.23. The van der Waals surface area contributed by atoms with Gasteiger partial charge in [-0.25, -0.2) is 0 Å². The van der Waals surface area contributed by atoms with E-state index >= 15 is 0 Å². The number of methoxy groups -OCH3 is 1. The molecular weight excluding hydrogens is 270 g/mol. The summed E-state index contributed by atoms with van der Waals surface area (Å²) in [4.78, 5) is 12.7. The summed E-state index contributed by atoms with van der Waals surface area (Å²) in [6, 6.07) is 5.00. The third-order valence-corrected chi connectivity index (χ3v) is 3.19. The normalized spacial score (nSPS) is 10.9. The van der Waals surface area contributed by atoms with E-state index in [-0.39, 0.29) is 10.6 Å². The molecule has 0 saturated carbocycles. The molecule has 21 heavy (non-hydrogen) atoms. The smallest absolute Gasteiger partial charge is 0.269 e. The van der Waals surface area contributed by atoms with Crippen LogP contribution in [0.4, 0.5) is 11.4 Å². The predicted octanol–water partition coefficient (Wildman–Crippen LogP) is 2.89. The van der Waals surface area contributed by atoms with E-state index in [2.05, 4.69) is 17.1 Å². The Hall–Kier alpha value is -1.66. The largest absolute Gasteiger partial charge is 0.385 e. The van der Waals surface area contributed by atoms with E-state index in [9.17, 15) is 10.1 Å². The van der Waals surface area contributed by atoms with Gasteiger partial charge in [-0.1, -0.05) is 6.92 Å². The highest BCUT2D eigenvalue weighted by Gasteiger charge is 2.12. The van der Waals surface area contributed by atoms with Crippen LogP contribution in [0.15, 0.2) is 18.2 Å². The lowest BCUT2D eigenvalue weighted by molar-refractivity contribution is -0.384. The van der Waals surface area contributed by atoms with Gasteiger partial charge in [-0.3, -0.25) is 10.1 Å². The van der Waals surface area contributed by atoms with Crippen molar-refractivity contribution >= 4 is 11.4 Å². The Labute approximate surface area is 126 Å². The van der Waals surface area contributed by atoms with Crippen molar-refractivity contribution in [3.8, 4) is 0 Å². The standard InChI is InChI=1S/C15H25N3O3/c1-4-8-16-15-7-6-14(18(19)20)11-13(15)12-17(2)9-5-10-21-3/h6-7,11,16H,4-5,8-10,12H2,1-3H3. The number of nitrogens with one attached hydrogen (secondary N) is 1. The number of ether oxygens (including phenoxy) is 1. The summed E-state index contributed by atoms with van der Waals surface area (Å²) < 4.78 is 5.04. The van der Waals surface area contributed by atoms with Crippen LogP contribution in [0.2, 0.25) is 0 Å². The van der Waals surface area contributed by atoms with E-state index < -0.39 is 0 Å². The second-order valence-electron chi connectivity index (χ2n) is 5.11. The van der Waals surface area contributed by atoms with Gasteiger partial charge in [-0.15, -0.1) is 0 Å². The SMILES string of the molecule is CCCNc1ccc([N+](=O)[O-])cc1CN(C)CCCOC. The highest BCUT2D eigenvalue weighted by molar-refractivity contribution is 5.56. The first-order chi connectivity index (χ1) is 10.1. The summed E-state index contributed by atoms with van der Waals surface area (Å²) in [6.45, 7) is 5.24. The summed E-state index contributed by atoms with van der Waals surface area (Å²) in [5.74, 6) is 0. The van der Waals surface area contributed by atoms with Crippen molar-refractivity contribution in [2.75, 3.05) is 39.2 Å². The number of hydrogen-bond acceptors (Lipinski definition) is 5. The lowest BCUT2D eigenvalue weighted by Gasteiger charge is -2.19. The van der Waals surface area contributed by atoms with Crippen molar-refractivity contribution < 1.29 is 9.66 Å². The Morgan fingerprint density at radius 3 is 2.81 bits per heavy atom. The first-order valence-electron chi connectivity index (χ1n) is 7.27. The van der Waals surface area contributed by atoms with E-state index in [1.165, 1.54) is 0 Å². The molecule has 0 spiro atoms. The Bertz CT molecular complexity index is 452. The van der Waals surface area contributed by atoms with Gasteiger partial charge in [0.2, 0.25) is 0 Å². The monoisotopic (exact) mass is 295 g/mol. The molecule has 0 amide bonds. The zero-order valence-electron chi connectivity index (χ0n) is 13.1. The van der Waals surface area contributed by atoms with Gasteiger partial charge in [0.05, 0.1) is 4.92 Å². The lowest BCUT2D eigenvalue weighted by atomic mass is 10.1. The number of nitrogens with zero attached hydrogens (tertiary/aromatic N) is 2. The first kappa shape index (κ1) is 17.4. The van der Waals surface area contributed by atoms with E-state index in [0.717, 1.165) is 43.8 Å². The third-order valence-electron chi connectivity index (χ3n) is 3.19. The van der Waals surface area contributed by atoms with Crippen molar-refractivity contribution in [1.29, 1.82) is 0 Å². The number of nitro benzene ring substituents is 1. The minimum Gasteiger partial charge on any atom is -0.385 e. The van der Waals surface area contributed by atoms with Gasteiger partial charge in [0, 0.05) is 51.2 Å². The van der Waals surface area contributed by atoms with Crippen molar-refractivity contribution in [1.82, 2.24) is 4.90 Å². The quantitative estimate of drug-likeness (QED) is 0.408. The van der Waals surface area contributed by atoms with Gasteiger partial charge < -0.3 is 15.0 Å². The van der Waals surface area contributed by atoms with E-state index in [1.807, 2.05) is 7.05 Å². The summed E-state index contributed by atoms with van der Waals surface area (Å²) in [5, 5.41) is 14.3. The van der Waals surface area contributed by atoms with E-state index in [0.29, 0.717) is 6.54 Å². The van der Waals surface area contributed by atoms with Crippen LogP contribution >= 0.6 is 0 Å². The molecule has 0 heterocycles. The predicted molar refractivity (Wildman–Crippen MR) is 84.7 cm³/mol. The van der Waals surface area contributed by atoms with Crippen LogP contribution in [0.1, 0.15) is 25.3 Å². The van der Waals surface area contributed by atoms with Crippen LogP contribution in [-0.2, 0) is 11.3 Å². The number of anilines is 1. The molecule has 6 nitrogen and oxygen atoms in total. The fourth-order valence-electron chi connectivity index (χ4n) is 2.11. The van der Waals surface area contributed by atoms with Crippen molar-refractivity contribution in [3.05, 3.63) is 33.9 Å². The maximum atomic E-state index is 10.9. The molecular formula is C15H25N3O3. The van der Waals surface area contributed by atoms with Gasteiger partial charge in [-0.05, 0) is 31.5 Å². The molecule has 0 fully saturated rings. The number of rotatable bonds is 10. The molecule has 0 saturated heterocycles. The van der Waals surface area contributed by atoms with Crippen LogP contribution in [0, 0.1) is 10.1 Å². The zero-order chi connectivity index (χ0) is 15.7. The molecule has 0 unspecified atom stereocenters. The molecule has 0 bridgehead atoms. The van der Waals surface area contributed by atoms with Gasteiger partial charge in [-0.2, -0.15) is 0 Å². The molecule has 0 radical (unpaired) electrons. The van der Waals surface area contributed by atoms with Gasteiger partial charge in [0.25, 0.3) is 5.69 Å². The van der Waals surface area contributed by atoms with Crippen LogP contribution in [0.5, 0.6) is 0 Å². The van der Waals surface area contributed by atoms with Gasteiger partial charge in [0.15, 0.2) is 0 Å². The molecule has 1 aromatic rings. The van der Waals surface area contributed by atoms with E-state index in [4.69, 9.17) is 4.74 Å². The van der Waals surface area contributed by atoms with Crippen LogP contribution in [0.25, 0.3) is 0 Å². The Kier molecular flexibility index (Phi) is 7.71. The number of hydrogen-bond donors (Lipinski definition) is 1. The minimum absolute atomic E-state index is 0.136. The third kappa shape index (κ3) is 6.10. The fraction of sp³-hybridized carbons (Fsp3) is 0.600. The minimum atomic E-state index is -0.349. The van der Waals surface area contributed by atoms with Crippen molar-refractivity contribution in [2.45, 2.75) is 26.3 Å². The van der Waals surface area contributed by atoms with Crippen molar-refractivity contribution in [3.63, 3.8) is 0 Å². The zero-order valence-corrected chi connectivity index (χ0v) is 13.1. The maximum absolute atomic E-state index is 10.9. The topological polar surface area (TPSA) is 67.6 Å². The molecule has 0 aliphatic heterocycles. The summed E-state index contributed by atoms with van der Waals surface area (Å²) in [5.41, 5.74) is 2.07. The molecule has 1 N–H and O–H groups in total. The summed E-state index contributed by atoms with van der Waals surface area (Å²) in [6.07, 6.45) is 1.96.